The summed E-state index contributed by atoms with van der Waals surface area (Å²) in [7, 11) is 0. The lowest BCUT2D eigenvalue weighted by atomic mass is 9.79. The van der Waals surface area contributed by atoms with Crippen LogP contribution in [0.1, 0.15) is 26.2 Å². The molecule has 0 radical (unpaired) electrons. The van der Waals surface area contributed by atoms with Crippen LogP contribution in [0.4, 0.5) is 0 Å². The maximum Gasteiger partial charge on any atom is 0.118 e. The van der Waals surface area contributed by atoms with Crippen LogP contribution < -0.4 is 0 Å². The number of allylic oxidation sites excluding steroid dienone is 1. The van der Waals surface area contributed by atoms with Gasteiger partial charge in [-0.15, -0.1) is 0 Å². The summed E-state index contributed by atoms with van der Waals surface area (Å²) in [6.07, 6.45) is 3.52. The van der Waals surface area contributed by atoms with Gasteiger partial charge < -0.3 is 9.84 Å². The third-order valence-corrected chi connectivity index (χ3v) is 3.29. The number of hydrogen-bond donors (Lipinski definition) is 1. The molecule has 0 aromatic carbocycles. The Morgan fingerprint density at radius 1 is 1.75 bits per heavy atom. The second kappa shape index (κ2) is 2.57. The Kier molecular flexibility index (Phi) is 1.77. The molecule has 1 aliphatic heterocycles. The number of hydrogen-bond acceptors (Lipinski definition) is 2. The molecule has 3 atom stereocenters. The molecule has 12 heavy (non-hydrogen) atoms. The van der Waals surface area contributed by atoms with Crippen LogP contribution in [-0.2, 0) is 4.74 Å². The van der Waals surface area contributed by atoms with E-state index >= 15 is 0 Å². The van der Waals surface area contributed by atoms with Gasteiger partial charge in [0, 0.05) is 0 Å². The van der Waals surface area contributed by atoms with Crippen LogP contribution >= 0.6 is 0 Å². The SMILES string of the molecule is C=C(C)[C@@H]1CC[C@]2(CO)OC2C1. The summed E-state index contributed by atoms with van der Waals surface area (Å²) in [4.78, 5) is 0. The van der Waals surface area contributed by atoms with Gasteiger partial charge in [-0.3, -0.25) is 0 Å². The highest BCUT2D eigenvalue weighted by Gasteiger charge is 2.58. The number of ether oxygens (including phenoxy) is 1. The predicted octanol–water partition coefficient (Wildman–Crippen LogP) is 1.49. The molecule has 2 fully saturated rings. The monoisotopic (exact) mass is 168 g/mol. The van der Waals surface area contributed by atoms with Crippen molar-refractivity contribution in [3.63, 3.8) is 0 Å². The Labute approximate surface area is 73.2 Å². The van der Waals surface area contributed by atoms with Crippen LogP contribution in [0, 0.1) is 5.92 Å². The summed E-state index contributed by atoms with van der Waals surface area (Å²) in [5, 5.41) is 9.07. The van der Waals surface area contributed by atoms with Crippen molar-refractivity contribution in [3.05, 3.63) is 12.2 Å². The van der Waals surface area contributed by atoms with Crippen molar-refractivity contribution in [3.8, 4) is 0 Å². The van der Waals surface area contributed by atoms with Crippen molar-refractivity contribution >= 4 is 0 Å². The van der Waals surface area contributed by atoms with Gasteiger partial charge in [0.15, 0.2) is 0 Å². The third-order valence-electron chi connectivity index (χ3n) is 3.29. The van der Waals surface area contributed by atoms with E-state index in [0.717, 1.165) is 19.3 Å². The van der Waals surface area contributed by atoms with Crippen molar-refractivity contribution in [1.82, 2.24) is 0 Å². The fourth-order valence-electron chi connectivity index (χ4n) is 2.19. The molecule has 0 spiro atoms. The van der Waals surface area contributed by atoms with E-state index in [9.17, 15) is 0 Å². The Hall–Kier alpha value is -0.340. The van der Waals surface area contributed by atoms with Gasteiger partial charge in [-0.2, -0.15) is 0 Å². The van der Waals surface area contributed by atoms with Gasteiger partial charge in [0.2, 0.25) is 0 Å². The molecule has 2 aliphatic rings. The Balaban J connectivity index is 1.96. The van der Waals surface area contributed by atoms with E-state index in [-0.39, 0.29) is 12.2 Å². The predicted molar refractivity (Wildman–Crippen MR) is 46.8 cm³/mol. The maximum atomic E-state index is 9.07. The molecular weight excluding hydrogens is 152 g/mol. The zero-order valence-electron chi connectivity index (χ0n) is 7.55. The minimum Gasteiger partial charge on any atom is -0.393 e. The Morgan fingerprint density at radius 2 is 2.50 bits per heavy atom. The van der Waals surface area contributed by atoms with Gasteiger partial charge >= 0.3 is 0 Å². The lowest BCUT2D eigenvalue weighted by Gasteiger charge is -2.23. The molecule has 1 saturated heterocycles. The number of aliphatic hydroxyl groups is 1. The molecule has 0 aromatic rings. The first kappa shape index (κ1) is 8.27. The Morgan fingerprint density at radius 3 is 3.00 bits per heavy atom. The molecule has 1 saturated carbocycles. The minimum absolute atomic E-state index is 0.133. The first-order valence-corrected chi connectivity index (χ1v) is 4.62. The summed E-state index contributed by atoms with van der Waals surface area (Å²) in [5.41, 5.74) is 1.13. The second-order valence-corrected chi connectivity index (χ2v) is 4.15. The van der Waals surface area contributed by atoms with Crippen LogP contribution in [0.15, 0.2) is 12.2 Å². The van der Waals surface area contributed by atoms with Crippen molar-refractivity contribution in [2.24, 2.45) is 5.92 Å². The van der Waals surface area contributed by atoms with E-state index in [1.807, 2.05) is 0 Å². The number of fused-ring (bicyclic) bond motifs is 1. The summed E-state index contributed by atoms with van der Waals surface area (Å²) in [5.74, 6) is 0.622. The molecule has 2 rings (SSSR count). The lowest BCUT2D eigenvalue weighted by molar-refractivity contribution is 0.160. The van der Waals surface area contributed by atoms with E-state index < -0.39 is 0 Å². The van der Waals surface area contributed by atoms with E-state index in [1.54, 1.807) is 0 Å². The van der Waals surface area contributed by atoms with Crippen LogP contribution in [0.5, 0.6) is 0 Å². The van der Waals surface area contributed by atoms with Gasteiger partial charge in [0.05, 0.1) is 12.7 Å². The molecule has 68 valence electrons. The van der Waals surface area contributed by atoms with Crippen molar-refractivity contribution < 1.29 is 9.84 Å². The minimum atomic E-state index is -0.133. The standard InChI is InChI=1S/C10H16O2/c1-7(2)8-3-4-10(6-11)9(5-8)12-10/h8-9,11H,1,3-6H2,2H3/t8-,9?,10-/m1/s1. The molecule has 1 unspecified atom stereocenters. The number of aliphatic hydroxyl groups excluding tert-OH is 1. The van der Waals surface area contributed by atoms with Gasteiger partial charge in [-0.05, 0) is 32.1 Å². The third kappa shape index (κ3) is 1.10. The summed E-state index contributed by atoms with van der Waals surface area (Å²) >= 11 is 0. The van der Waals surface area contributed by atoms with Crippen LogP contribution in [0.2, 0.25) is 0 Å². The first-order chi connectivity index (χ1) is 5.68. The zero-order valence-corrected chi connectivity index (χ0v) is 7.55. The molecule has 0 aromatic heterocycles. The fraction of sp³-hybridized carbons (Fsp3) is 0.800. The van der Waals surface area contributed by atoms with Crippen molar-refractivity contribution in [1.29, 1.82) is 0 Å². The maximum absolute atomic E-state index is 9.07. The van der Waals surface area contributed by atoms with Gasteiger partial charge in [-0.25, -0.2) is 0 Å². The van der Waals surface area contributed by atoms with E-state index in [1.165, 1.54) is 5.57 Å². The molecular formula is C10H16O2. The van der Waals surface area contributed by atoms with Crippen LogP contribution in [-0.4, -0.2) is 23.4 Å². The Bertz CT molecular complexity index is 212. The smallest absolute Gasteiger partial charge is 0.118 e. The van der Waals surface area contributed by atoms with E-state index in [4.69, 9.17) is 9.84 Å². The average Bonchev–Trinajstić information content (AvgIpc) is 2.77. The molecule has 1 N–H and O–H groups in total. The molecule has 0 bridgehead atoms. The van der Waals surface area contributed by atoms with Gasteiger partial charge in [-0.1, -0.05) is 12.2 Å². The summed E-state index contributed by atoms with van der Waals surface area (Å²) in [6, 6.07) is 0. The van der Waals surface area contributed by atoms with Crippen molar-refractivity contribution in [2.45, 2.75) is 37.9 Å². The first-order valence-electron chi connectivity index (χ1n) is 4.62. The summed E-state index contributed by atoms with van der Waals surface area (Å²) < 4.78 is 5.50. The van der Waals surface area contributed by atoms with Gasteiger partial charge in [0.25, 0.3) is 0 Å². The lowest BCUT2D eigenvalue weighted by Crippen LogP contribution is -2.27. The average molecular weight is 168 g/mol. The zero-order chi connectivity index (χ0) is 8.77. The molecule has 2 heteroatoms. The van der Waals surface area contributed by atoms with Crippen LogP contribution in [0.25, 0.3) is 0 Å². The second-order valence-electron chi connectivity index (χ2n) is 4.15. The highest BCUT2D eigenvalue weighted by molar-refractivity contribution is 5.11. The molecule has 1 aliphatic carbocycles. The number of epoxide rings is 1. The number of rotatable bonds is 2. The van der Waals surface area contributed by atoms with E-state index in [0.29, 0.717) is 12.0 Å². The quantitative estimate of drug-likeness (QED) is 0.500. The molecule has 0 amide bonds. The normalized spacial score (nSPS) is 45.2. The highest BCUT2D eigenvalue weighted by Crippen LogP contribution is 2.50. The fourth-order valence-corrected chi connectivity index (χ4v) is 2.19. The molecule has 2 nitrogen and oxygen atoms in total. The van der Waals surface area contributed by atoms with E-state index in [2.05, 4.69) is 13.5 Å². The van der Waals surface area contributed by atoms with Gasteiger partial charge in [0.1, 0.15) is 5.60 Å². The molecule has 1 heterocycles. The highest BCUT2D eigenvalue weighted by atomic mass is 16.6. The largest absolute Gasteiger partial charge is 0.393 e. The van der Waals surface area contributed by atoms with Crippen LogP contribution in [0.3, 0.4) is 0 Å². The van der Waals surface area contributed by atoms with Crippen molar-refractivity contribution in [2.75, 3.05) is 6.61 Å². The topological polar surface area (TPSA) is 32.8 Å². The summed E-state index contributed by atoms with van der Waals surface area (Å²) in [6.45, 7) is 6.24.